The Bertz CT molecular complexity index is 614. The van der Waals surface area contributed by atoms with E-state index < -0.39 is 0 Å². The molecule has 0 bridgehead atoms. The summed E-state index contributed by atoms with van der Waals surface area (Å²) in [5.74, 6) is 0. The van der Waals surface area contributed by atoms with Crippen LogP contribution in [-0.4, -0.2) is 4.92 Å². The van der Waals surface area contributed by atoms with Crippen LogP contribution in [0.2, 0.25) is 5.02 Å². The first kappa shape index (κ1) is 13.4. The van der Waals surface area contributed by atoms with E-state index in [-0.39, 0.29) is 10.6 Å². The van der Waals surface area contributed by atoms with Crippen LogP contribution in [0.4, 0.5) is 11.4 Å². The van der Waals surface area contributed by atoms with Gasteiger partial charge in [-0.05, 0) is 24.6 Å². The Hall–Kier alpha value is -2.07. The summed E-state index contributed by atoms with van der Waals surface area (Å²) in [5.41, 5.74) is 2.60. The molecule has 2 aromatic rings. The highest BCUT2D eigenvalue weighted by Crippen LogP contribution is 2.25. The minimum absolute atomic E-state index is 0.110. The average Bonchev–Trinajstić information content (AvgIpc) is 2.40. The zero-order chi connectivity index (χ0) is 13.8. The van der Waals surface area contributed by atoms with Crippen LogP contribution in [0.1, 0.15) is 11.1 Å². The average molecular weight is 277 g/mol. The summed E-state index contributed by atoms with van der Waals surface area (Å²) in [7, 11) is 0. The predicted octanol–water partition coefficient (Wildman–Crippen LogP) is 4.17. The van der Waals surface area contributed by atoms with Gasteiger partial charge < -0.3 is 5.32 Å². The maximum absolute atomic E-state index is 10.9. The molecule has 0 heterocycles. The lowest BCUT2D eigenvalue weighted by Gasteiger charge is -2.09. The van der Waals surface area contributed by atoms with Crippen molar-refractivity contribution in [2.75, 3.05) is 5.32 Å². The zero-order valence-corrected chi connectivity index (χ0v) is 11.1. The van der Waals surface area contributed by atoms with Gasteiger partial charge in [0.05, 0.1) is 15.6 Å². The second kappa shape index (κ2) is 5.71. The van der Waals surface area contributed by atoms with Gasteiger partial charge >= 0.3 is 0 Å². The first-order chi connectivity index (χ1) is 9.08. The molecule has 0 atom stereocenters. The highest BCUT2D eigenvalue weighted by Gasteiger charge is 2.12. The molecule has 2 rings (SSSR count). The van der Waals surface area contributed by atoms with E-state index in [1.807, 2.05) is 19.1 Å². The van der Waals surface area contributed by atoms with Crippen LogP contribution in [0.25, 0.3) is 0 Å². The summed E-state index contributed by atoms with van der Waals surface area (Å²) in [5, 5.41) is 14.6. The third kappa shape index (κ3) is 3.23. The van der Waals surface area contributed by atoms with Crippen molar-refractivity contribution in [3.8, 4) is 0 Å². The van der Waals surface area contributed by atoms with Crippen LogP contribution in [-0.2, 0) is 6.54 Å². The quantitative estimate of drug-likeness (QED) is 0.673. The van der Waals surface area contributed by atoms with Gasteiger partial charge in [0.25, 0.3) is 5.69 Å². The molecule has 19 heavy (non-hydrogen) atoms. The Morgan fingerprint density at radius 1 is 1.26 bits per heavy atom. The molecule has 0 saturated carbocycles. The maximum Gasteiger partial charge on any atom is 0.274 e. The predicted molar refractivity (Wildman–Crippen MR) is 76.6 cm³/mol. The highest BCUT2D eigenvalue weighted by atomic mass is 35.5. The summed E-state index contributed by atoms with van der Waals surface area (Å²) in [4.78, 5) is 10.5. The first-order valence-electron chi connectivity index (χ1n) is 5.80. The van der Waals surface area contributed by atoms with Crippen molar-refractivity contribution < 1.29 is 4.92 Å². The van der Waals surface area contributed by atoms with E-state index >= 15 is 0 Å². The SMILES string of the molecule is Cc1ccc(Cl)c(NCc2ccccc2[N+](=O)[O-])c1. The van der Waals surface area contributed by atoms with Gasteiger partial charge in [-0.3, -0.25) is 10.1 Å². The Labute approximate surface area is 116 Å². The molecule has 0 aliphatic rings. The van der Waals surface area contributed by atoms with Gasteiger partial charge in [-0.2, -0.15) is 0 Å². The molecule has 0 unspecified atom stereocenters. The third-order valence-corrected chi connectivity index (χ3v) is 3.11. The first-order valence-corrected chi connectivity index (χ1v) is 6.18. The molecule has 5 heteroatoms. The van der Waals surface area contributed by atoms with E-state index in [0.29, 0.717) is 17.1 Å². The lowest BCUT2D eigenvalue weighted by Crippen LogP contribution is -2.03. The van der Waals surface area contributed by atoms with Crippen LogP contribution in [0.15, 0.2) is 42.5 Å². The lowest BCUT2D eigenvalue weighted by atomic mass is 10.1. The normalized spacial score (nSPS) is 10.2. The molecule has 0 fully saturated rings. The van der Waals surface area contributed by atoms with Gasteiger partial charge in [0.2, 0.25) is 0 Å². The largest absolute Gasteiger partial charge is 0.379 e. The molecule has 98 valence electrons. The van der Waals surface area contributed by atoms with E-state index in [4.69, 9.17) is 11.6 Å². The molecule has 0 aromatic heterocycles. The van der Waals surface area contributed by atoms with Gasteiger partial charge in [-0.15, -0.1) is 0 Å². The number of halogens is 1. The fourth-order valence-corrected chi connectivity index (χ4v) is 1.99. The van der Waals surface area contributed by atoms with Crippen LogP contribution in [0.3, 0.4) is 0 Å². The van der Waals surface area contributed by atoms with Gasteiger partial charge in [0, 0.05) is 18.2 Å². The topological polar surface area (TPSA) is 55.2 Å². The number of nitro benzene ring substituents is 1. The lowest BCUT2D eigenvalue weighted by molar-refractivity contribution is -0.385. The second-order valence-corrected chi connectivity index (χ2v) is 4.63. The molecular weight excluding hydrogens is 264 g/mol. The van der Waals surface area contributed by atoms with Gasteiger partial charge in [0.15, 0.2) is 0 Å². The molecule has 0 amide bonds. The minimum Gasteiger partial charge on any atom is -0.379 e. The number of para-hydroxylation sites is 1. The number of aryl methyl sites for hydroxylation is 1. The van der Waals surface area contributed by atoms with Crippen molar-refractivity contribution >= 4 is 23.0 Å². The van der Waals surface area contributed by atoms with E-state index in [1.165, 1.54) is 6.07 Å². The smallest absolute Gasteiger partial charge is 0.274 e. The van der Waals surface area contributed by atoms with E-state index in [2.05, 4.69) is 5.32 Å². The van der Waals surface area contributed by atoms with Crippen molar-refractivity contribution in [2.24, 2.45) is 0 Å². The Morgan fingerprint density at radius 2 is 2.00 bits per heavy atom. The molecular formula is C14H13ClN2O2. The van der Waals surface area contributed by atoms with Crippen molar-refractivity contribution in [2.45, 2.75) is 13.5 Å². The van der Waals surface area contributed by atoms with Crippen molar-refractivity contribution in [1.82, 2.24) is 0 Å². The Kier molecular flexibility index (Phi) is 4.02. The molecule has 0 aliphatic heterocycles. The number of hydrogen-bond donors (Lipinski definition) is 1. The second-order valence-electron chi connectivity index (χ2n) is 4.22. The van der Waals surface area contributed by atoms with Crippen LogP contribution in [0, 0.1) is 17.0 Å². The van der Waals surface area contributed by atoms with Crippen molar-refractivity contribution in [3.05, 3.63) is 68.7 Å². The van der Waals surface area contributed by atoms with Crippen LogP contribution >= 0.6 is 11.6 Å². The summed E-state index contributed by atoms with van der Waals surface area (Å²) >= 11 is 6.07. The number of nitrogens with one attached hydrogen (secondary N) is 1. The number of rotatable bonds is 4. The molecule has 0 spiro atoms. The molecule has 4 nitrogen and oxygen atoms in total. The van der Waals surface area contributed by atoms with E-state index in [9.17, 15) is 10.1 Å². The van der Waals surface area contributed by atoms with Crippen molar-refractivity contribution in [3.63, 3.8) is 0 Å². The molecule has 0 radical (unpaired) electrons. The summed E-state index contributed by atoms with van der Waals surface area (Å²) < 4.78 is 0. The summed E-state index contributed by atoms with van der Waals surface area (Å²) in [6.07, 6.45) is 0. The maximum atomic E-state index is 10.9. The van der Waals surface area contributed by atoms with Crippen LogP contribution < -0.4 is 5.32 Å². The molecule has 1 N–H and O–H groups in total. The van der Waals surface area contributed by atoms with Gasteiger partial charge in [-0.25, -0.2) is 0 Å². The number of hydrogen-bond acceptors (Lipinski definition) is 3. The van der Waals surface area contributed by atoms with E-state index in [0.717, 1.165) is 11.3 Å². The fraction of sp³-hybridized carbons (Fsp3) is 0.143. The zero-order valence-electron chi connectivity index (χ0n) is 10.4. The number of nitrogens with zero attached hydrogens (tertiary/aromatic N) is 1. The number of benzene rings is 2. The van der Waals surface area contributed by atoms with Crippen molar-refractivity contribution in [1.29, 1.82) is 0 Å². The summed E-state index contributed by atoms with van der Waals surface area (Å²) in [6, 6.07) is 12.3. The van der Waals surface area contributed by atoms with Crippen LogP contribution in [0.5, 0.6) is 0 Å². The monoisotopic (exact) mass is 276 g/mol. The standard InChI is InChI=1S/C14H13ClN2O2/c1-10-6-7-12(15)13(8-10)16-9-11-4-2-3-5-14(11)17(18)19/h2-8,16H,9H2,1H3. The minimum atomic E-state index is -0.380. The molecule has 0 saturated heterocycles. The number of nitro groups is 1. The molecule has 0 aliphatic carbocycles. The van der Waals surface area contributed by atoms with Gasteiger partial charge in [-0.1, -0.05) is 35.9 Å². The van der Waals surface area contributed by atoms with Gasteiger partial charge in [0.1, 0.15) is 0 Å². The fourth-order valence-electron chi connectivity index (χ4n) is 1.80. The molecule has 2 aromatic carbocycles. The highest BCUT2D eigenvalue weighted by molar-refractivity contribution is 6.33. The Morgan fingerprint density at radius 3 is 2.74 bits per heavy atom. The Balaban J connectivity index is 2.19. The third-order valence-electron chi connectivity index (χ3n) is 2.78. The van der Waals surface area contributed by atoms with E-state index in [1.54, 1.807) is 24.3 Å². The number of anilines is 1. The summed E-state index contributed by atoms with van der Waals surface area (Å²) in [6.45, 7) is 2.33.